The molecule has 0 amide bonds. The van der Waals surface area contributed by atoms with Crippen LogP contribution in [0.3, 0.4) is 0 Å². The van der Waals surface area contributed by atoms with Crippen molar-refractivity contribution in [3.63, 3.8) is 0 Å². The Kier molecular flexibility index (Phi) is 3.69. The van der Waals surface area contributed by atoms with Gasteiger partial charge >= 0.3 is 0 Å². The molecule has 0 saturated carbocycles. The first-order valence-corrected chi connectivity index (χ1v) is 4.91. The van der Waals surface area contributed by atoms with Crippen molar-refractivity contribution in [3.8, 4) is 0 Å². The predicted octanol–water partition coefficient (Wildman–Crippen LogP) is 2.64. The lowest BCUT2D eigenvalue weighted by molar-refractivity contribution is 0.620. The van der Waals surface area contributed by atoms with Crippen LogP contribution in [0.5, 0.6) is 0 Å². The molecule has 0 fully saturated rings. The lowest BCUT2D eigenvalue weighted by Gasteiger charge is -2.08. The second kappa shape index (κ2) is 4.58. The molecule has 3 heteroatoms. The third-order valence-corrected chi connectivity index (χ3v) is 2.16. The fourth-order valence-corrected chi connectivity index (χ4v) is 1.45. The zero-order chi connectivity index (χ0) is 8.97. The van der Waals surface area contributed by atoms with Crippen LogP contribution < -0.4 is 5.73 Å². The summed E-state index contributed by atoms with van der Waals surface area (Å²) < 4.78 is 0.853. The molecule has 1 atom stereocenters. The average molecular weight is 229 g/mol. The van der Waals surface area contributed by atoms with E-state index in [1.807, 2.05) is 18.2 Å². The number of nitrogens with two attached hydrogens (primary N) is 1. The van der Waals surface area contributed by atoms with E-state index in [0.717, 1.165) is 23.1 Å². The lowest BCUT2D eigenvalue weighted by atomic mass is 10.1. The summed E-state index contributed by atoms with van der Waals surface area (Å²) in [6.07, 6.45) is 2.08. The molecule has 0 aliphatic carbocycles. The van der Waals surface area contributed by atoms with E-state index in [9.17, 15) is 0 Å². The van der Waals surface area contributed by atoms with Crippen LogP contribution in [0, 0.1) is 0 Å². The maximum absolute atomic E-state index is 5.89. The number of rotatable bonds is 3. The minimum atomic E-state index is 0.0764. The Morgan fingerprint density at radius 1 is 1.58 bits per heavy atom. The van der Waals surface area contributed by atoms with Crippen molar-refractivity contribution < 1.29 is 0 Å². The molecule has 2 N–H and O–H groups in total. The first kappa shape index (κ1) is 9.68. The highest BCUT2D eigenvalue weighted by Crippen LogP contribution is 2.15. The van der Waals surface area contributed by atoms with Crippen LogP contribution in [-0.4, -0.2) is 4.98 Å². The smallest absolute Gasteiger partial charge is 0.106 e. The summed E-state index contributed by atoms with van der Waals surface area (Å²) in [6.45, 7) is 2.12. The van der Waals surface area contributed by atoms with E-state index in [4.69, 9.17) is 5.73 Å². The molecule has 66 valence electrons. The van der Waals surface area contributed by atoms with E-state index >= 15 is 0 Å². The second-order valence-electron chi connectivity index (χ2n) is 2.78. The highest BCUT2D eigenvalue weighted by Gasteiger charge is 2.05. The number of aromatic nitrogens is 1. The summed E-state index contributed by atoms with van der Waals surface area (Å²) >= 11 is 3.31. The van der Waals surface area contributed by atoms with Crippen LogP contribution in [0.15, 0.2) is 22.8 Å². The highest BCUT2D eigenvalue weighted by molar-refractivity contribution is 9.10. The van der Waals surface area contributed by atoms with E-state index < -0.39 is 0 Å². The molecule has 0 saturated heterocycles. The zero-order valence-electron chi connectivity index (χ0n) is 7.13. The molecule has 1 rings (SSSR count). The monoisotopic (exact) mass is 228 g/mol. The quantitative estimate of drug-likeness (QED) is 0.809. The van der Waals surface area contributed by atoms with Crippen LogP contribution in [0.2, 0.25) is 0 Å². The number of hydrogen-bond acceptors (Lipinski definition) is 2. The molecule has 1 aromatic heterocycles. The molecule has 0 aliphatic heterocycles. The zero-order valence-corrected chi connectivity index (χ0v) is 8.71. The largest absolute Gasteiger partial charge is 0.323 e. The van der Waals surface area contributed by atoms with Crippen molar-refractivity contribution in [2.24, 2.45) is 5.73 Å². The number of hydrogen-bond donors (Lipinski definition) is 1. The Labute approximate surface area is 81.3 Å². The molecule has 0 spiro atoms. The van der Waals surface area contributed by atoms with Crippen LogP contribution in [0.4, 0.5) is 0 Å². The summed E-state index contributed by atoms with van der Waals surface area (Å²) in [5, 5.41) is 0. The Morgan fingerprint density at radius 2 is 2.33 bits per heavy atom. The van der Waals surface area contributed by atoms with Crippen LogP contribution in [0.1, 0.15) is 31.5 Å². The maximum atomic E-state index is 5.89. The average Bonchev–Trinajstić information content (AvgIpc) is 2.05. The summed E-state index contributed by atoms with van der Waals surface area (Å²) in [7, 11) is 0. The van der Waals surface area contributed by atoms with Crippen molar-refractivity contribution in [1.82, 2.24) is 4.98 Å². The van der Waals surface area contributed by atoms with Gasteiger partial charge in [-0.05, 0) is 34.5 Å². The van der Waals surface area contributed by atoms with Crippen molar-refractivity contribution in [1.29, 1.82) is 0 Å². The van der Waals surface area contributed by atoms with E-state index in [-0.39, 0.29) is 6.04 Å². The van der Waals surface area contributed by atoms with Gasteiger partial charge in [-0.1, -0.05) is 19.4 Å². The minimum absolute atomic E-state index is 0.0764. The van der Waals surface area contributed by atoms with Crippen LogP contribution in [0.25, 0.3) is 0 Å². The second-order valence-corrected chi connectivity index (χ2v) is 3.59. The third kappa shape index (κ3) is 2.57. The van der Waals surface area contributed by atoms with E-state index in [0.29, 0.717) is 0 Å². The Hall–Kier alpha value is -0.410. The van der Waals surface area contributed by atoms with Gasteiger partial charge in [0.25, 0.3) is 0 Å². The summed E-state index contributed by atoms with van der Waals surface area (Å²) in [5.74, 6) is 0. The number of nitrogens with zero attached hydrogens (tertiary/aromatic N) is 1. The lowest BCUT2D eigenvalue weighted by Crippen LogP contribution is -2.11. The molecule has 12 heavy (non-hydrogen) atoms. The topological polar surface area (TPSA) is 38.9 Å². The molecule has 0 bridgehead atoms. The van der Waals surface area contributed by atoms with Gasteiger partial charge in [0.2, 0.25) is 0 Å². The SMILES string of the molecule is CCC[C@@H](N)c1cccc(Br)n1. The fraction of sp³-hybridized carbons (Fsp3) is 0.444. The van der Waals surface area contributed by atoms with Crippen molar-refractivity contribution >= 4 is 15.9 Å². The molecule has 0 aliphatic rings. The van der Waals surface area contributed by atoms with Crippen LogP contribution in [-0.2, 0) is 0 Å². The molecule has 0 radical (unpaired) electrons. The minimum Gasteiger partial charge on any atom is -0.323 e. The standard InChI is InChI=1S/C9H13BrN2/c1-2-4-7(11)8-5-3-6-9(10)12-8/h3,5-7H,2,4,11H2,1H3/t7-/m1/s1. The first-order chi connectivity index (χ1) is 5.74. The third-order valence-electron chi connectivity index (χ3n) is 1.72. The van der Waals surface area contributed by atoms with Crippen molar-refractivity contribution in [2.75, 3.05) is 0 Å². The van der Waals surface area contributed by atoms with E-state index in [2.05, 4.69) is 27.8 Å². The highest BCUT2D eigenvalue weighted by atomic mass is 79.9. The van der Waals surface area contributed by atoms with Crippen molar-refractivity contribution in [2.45, 2.75) is 25.8 Å². The normalized spacial score (nSPS) is 12.9. The van der Waals surface area contributed by atoms with Gasteiger partial charge in [0.15, 0.2) is 0 Å². The van der Waals surface area contributed by atoms with Gasteiger partial charge in [-0.15, -0.1) is 0 Å². The summed E-state index contributed by atoms with van der Waals surface area (Å²) in [5.41, 5.74) is 6.86. The molecule has 0 aromatic carbocycles. The van der Waals surface area contributed by atoms with Gasteiger partial charge in [0.05, 0.1) is 5.69 Å². The molecule has 2 nitrogen and oxygen atoms in total. The van der Waals surface area contributed by atoms with Gasteiger partial charge in [-0.25, -0.2) is 4.98 Å². The van der Waals surface area contributed by atoms with E-state index in [1.165, 1.54) is 0 Å². The molecule has 0 unspecified atom stereocenters. The van der Waals surface area contributed by atoms with Gasteiger partial charge < -0.3 is 5.73 Å². The number of halogens is 1. The molecular weight excluding hydrogens is 216 g/mol. The first-order valence-electron chi connectivity index (χ1n) is 4.12. The van der Waals surface area contributed by atoms with Crippen LogP contribution >= 0.6 is 15.9 Å². The Bertz CT molecular complexity index is 250. The van der Waals surface area contributed by atoms with E-state index in [1.54, 1.807) is 0 Å². The molecule has 1 aromatic rings. The number of pyridine rings is 1. The fourth-order valence-electron chi connectivity index (χ4n) is 1.09. The Balaban J connectivity index is 2.73. The summed E-state index contributed by atoms with van der Waals surface area (Å²) in [4.78, 5) is 4.28. The van der Waals surface area contributed by atoms with Gasteiger partial charge in [0, 0.05) is 6.04 Å². The van der Waals surface area contributed by atoms with Gasteiger partial charge in [-0.2, -0.15) is 0 Å². The predicted molar refractivity (Wildman–Crippen MR) is 53.8 cm³/mol. The summed E-state index contributed by atoms with van der Waals surface area (Å²) in [6, 6.07) is 5.90. The molecular formula is C9H13BrN2. The Morgan fingerprint density at radius 3 is 2.92 bits per heavy atom. The van der Waals surface area contributed by atoms with Crippen molar-refractivity contribution in [3.05, 3.63) is 28.5 Å². The maximum Gasteiger partial charge on any atom is 0.106 e. The van der Waals surface area contributed by atoms with Gasteiger partial charge in [-0.3, -0.25) is 0 Å². The van der Waals surface area contributed by atoms with Gasteiger partial charge in [0.1, 0.15) is 4.60 Å². The molecule has 1 heterocycles.